The average Bonchev–Trinajstić information content (AvgIpc) is 3.22. The van der Waals surface area contributed by atoms with E-state index in [2.05, 4.69) is 26.1 Å². The monoisotopic (exact) mass is 383 g/mol. The Kier molecular flexibility index (Phi) is 5.95. The van der Waals surface area contributed by atoms with Gasteiger partial charge >= 0.3 is 6.03 Å². The molecule has 0 atom stereocenters. The molecule has 0 radical (unpaired) electrons. The van der Waals surface area contributed by atoms with Crippen molar-refractivity contribution >= 4 is 17.6 Å². The number of benzene rings is 2. The van der Waals surface area contributed by atoms with E-state index in [1.807, 2.05) is 13.0 Å². The van der Waals surface area contributed by atoms with Gasteiger partial charge in [0, 0.05) is 17.8 Å². The molecule has 3 aromatic rings. The minimum Gasteiger partial charge on any atom is -0.423 e. The summed E-state index contributed by atoms with van der Waals surface area (Å²) in [5.41, 5.74) is 2.84. The summed E-state index contributed by atoms with van der Waals surface area (Å²) >= 11 is 0. The van der Waals surface area contributed by atoms with Crippen molar-refractivity contribution in [2.75, 3.05) is 11.9 Å². The van der Waals surface area contributed by atoms with Crippen LogP contribution in [0.3, 0.4) is 0 Å². The van der Waals surface area contributed by atoms with Crippen LogP contribution in [0.1, 0.15) is 11.1 Å². The summed E-state index contributed by atoms with van der Waals surface area (Å²) in [6.45, 7) is 1.86. The van der Waals surface area contributed by atoms with Crippen molar-refractivity contribution < 1.29 is 18.4 Å². The number of nitrogens with one attached hydrogen (secondary N) is 3. The van der Waals surface area contributed by atoms with Crippen molar-refractivity contribution in [2.24, 2.45) is 0 Å². The van der Waals surface area contributed by atoms with Crippen molar-refractivity contribution in [3.8, 4) is 11.5 Å². The first-order valence-corrected chi connectivity index (χ1v) is 8.44. The Balaban J connectivity index is 1.49. The number of aryl methyl sites for hydroxylation is 1. The number of urea groups is 1. The summed E-state index contributed by atoms with van der Waals surface area (Å²) in [5.74, 6) is -0.389. The molecule has 144 valence electrons. The van der Waals surface area contributed by atoms with E-state index in [9.17, 15) is 14.0 Å². The fraction of sp³-hybridized carbons (Fsp3) is 0.158. The molecule has 0 fully saturated rings. The van der Waals surface area contributed by atoms with Crippen molar-refractivity contribution in [1.82, 2.24) is 20.8 Å². The van der Waals surface area contributed by atoms with Gasteiger partial charge in [-0.15, -0.1) is 10.2 Å². The number of carbonyl (C=O) groups is 2. The number of anilines is 1. The van der Waals surface area contributed by atoms with Crippen LogP contribution >= 0.6 is 0 Å². The van der Waals surface area contributed by atoms with E-state index < -0.39 is 6.03 Å². The Morgan fingerprint density at radius 3 is 2.61 bits per heavy atom. The van der Waals surface area contributed by atoms with Crippen LogP contribution < -0.4 is 16.0 Å². The first-order chi connectivity index (χ1) is 13.5. The Hall–Kier alpha value is -3.75. The summed E-state index contributed by atoms with van der Waals surface area (Å²) in [4.78, 5) is 23.9. The largest absolute Gasteiger partial charge is 0.423 e. The SMILES string of the molecule is Cc1ccc(-c2nnco2)cc1NC(=O)CNC(=O)NCc1ccc(F)cc1. The van der Waals surface area contributed by atoms with Crippen LogP contribution in [0.15, 0.2) is 53.3 Å². The van der Waals surface area contributed by atoms with Gasteiger partial charge in [0.05, 0.1) is 6.54 Å². The Morgan fingerprint density at radius 2 is 1.89 bits per heavy atom. The maximum Gasteiger partial charge on any atom is 0.315 e. The normalized spacial score (nSPS) is 10.4. The number of amides is 3. The molecule has 0 aliphatic heterocycles. The quantitative estimate of drug-likeness (QED) is 0.606. The van der Waals surface area contributed by atoms with E-state index in [1.54, 1.807) is 24.3 Å². The van der Waals surface area contributed by atoms with Crippen LogP contribution in [-0.4, -0.2) is 28.7 Å². The minimum atomic E-state index is -0.504. The molecule has 3 N–H and O–H groups in total. The minimum absolute atomic E-state index is 0.209. The highest BCUT2D eigenvalue weighted by Crippen LogP contribution is 2.23. The lowest BCUT2D eigenvalue weighted by atomic mass is 10.1. The van der Waals surface area contributed by atoms with Crippen LogP contribution in [0.25, 0.3) is 11.5 Å². The zero-order valence-corrected chi connectivity index (χ0v) is 15.0. The van der Waals surface area contributed by atoms with Crippen LogP contribution in [0, 0.1) is 12.7 Å². The lowest BCUT2D eigenvalue weighted by Gasteiger charge is -2.11. The topological polar surface area (TPSA) is 109 Å². The van der Waals surface area contributed by atoms with Gasteiger partial charge in [0.25, 0.3) is 0 Å². The third-order valence-corrected chi connectivity index (χ3v) is 3.89. The third kappa shape index (κ3) is 5.13. The van der Waals surface area contributed by atoms with Gasteiger partial charge in [0.1, 0.15) is 5.82 Å². The molecule has 0 aliphatic carbocycles. The predicted octanol–water partition coefficient (Wildman–Crippen LogP) is 2.62. The van der Waals surface area contributed by atoms with Crippen molar-refractivity contribution in [1.29, 1.82) is 0 Å². The van der Waals surface area contributed by atoms with Gasteiger partial charge in [-0.2, -0.15) is 0 Å². The summed E-state index contributed by atoms with van der Waals surface area (Å²) in [6.07, 6.45) is 1.22. The molecule has 0 saturated heterocycles. The molecule has 0 unspecified atom stereocenters. The molecule has 9 heteroatoms. The Morgan fingerprint density at radius 1 is 1.11 bits per heavy atom. The fourth-order valence-electron chi connectivity index (χ4n) is 2.39. The molecule has 1 aromatic heterocycles. The van der Waals surface area contributed by atoms with Crippen molar-refractivity contribution in [2.45, 2.75) is 13.5 Å². The summed E-state index contributed by atoms with van der Waals surface area (Å²) in [7, 11) is 0. The lowest BCUT2D eigenvalue weighted by Crippen LogP contribution is -2.39. The molecular formula is C19H18FN5O3. The molecule has 3 rings (SSSR count). The highest BCUT2D eigenvalue weighted by molar-refractivity contribution is 5.95. The van der Waals surface area contributed by atoms with Crippen LogP contribution in [0.5, 0.6) is 0 Å². The molecule has 28 heavy (non-hydrogen) atoms. The molecule has 3 amide bonds. The average molecular weight is 383 g/mol. The van der Waals surface area contributed by atoms with Gasteiger partial charge in [-0.1, -0.05) is 18.2 Å². The van der Waals surface area contributed by atoms with Crippen LogP contribution in [0.2, 0.25) is 0 Å². The molecule has 1 heterocycles. The molecular weight excluding hydrogens is 365 g/mol. The second-order valence-corrected chi connectivity index (χ2v) is 5.98. The molecule has 0 spiro atoms. The van der Waals surface area contributed by atoms with Gasteiger partial charge < -0.3 is 20.4 Å². The second kappa shape index (κ2) is 8.76. The third-order valence-electron chi connectivity index (χ3n) is 3.89. The summed E-state index contributed by atoms with van der Waals surface area (Å²) in [6, 6.07) is 10.6. The highest BCUT2D eigenvalue weighted by atomic mass is 19.1. The number of hydrogen-bond acceptors (Lipinski definition) is 5. The van der Waals surface area contributed by atoms with E-state index in [0.717, 1.165) is 11.1 Å². The molecule has 0 bridgehead atoms. The fourth-order valence-corrected chi connectivity index (χ4v) is 2.39. The van der Waals surface area contributed by atoms with Gasteiger partial charge in [0.2, 0.25) is 18.2 Å². The van der Waals surface area contributed by atoms with Crippen LogP contribution in [0.4, 0.5) is 14.9 Å². The second-order valence-electron chi connectivity index (χ2n) is 5.98. The zero-order valence-electron chi connectivity index (χ0n) is 15.0. The molecule has 8 nitrogen and oxygen atoms in total. The standard InChI is InChI=1S/C19H18FN5O3/c1-12-2-5-14(18-25-23-11-28-18)8-16(12)24-17(26)10-22-19(27)21-9-13-3-6-15(20)7-4-13/h2-8,11H,9-10H2,1H3,(H,24,26)(H2,21,22,27). The maximum atomic E-state index is 12.9. The van der Waals surface area contributed by atoms with Crippen molar-refractivity contribution in [3.63, 3.8) is 0 Å². The van der Waals surface area contributed by atoms with Gasteiger partial charge in [-0.3, -0.25) is 4.79 Å². The van der Waals surface area contributed by atoms with E-state index in [1.165, 1.54) is 18.5 Å². The number of aromatic nitrogens is 2. The molecule has 0 saturated carbocycles. The number of rotatable bonds is 6. The number of carbonyl (C=O) groups excluding carboxylic acids is 2. The zero-order chi connectivity index (χ0) is 19.9. The van der Waals surface area contributed by atoms with E-state index in [4.69, 9.17) is 4.42 Å². The molecule has 0 aliphatic rings. The number of nitrogens with zero attached hydrogens (tertiary/aromatic N) is 2. The number of hydrogen-bond donors (Lipinski definition) is 3. The Labute approximate surface area is 160 Å². The summed E-state index contributed by atoms with van der Waals surface area (Å²) in [5, 5.41) is 15.3. The first kappa shape index (κ1) is 19.0. The highest BCUT2D eigenvalue weighted by Gasteiger charge is 2.10. The van der Waals surface area contributed by atoms with Gasteiger partial charge in [0.15, 0.2) is 0 Å². The van der Waals surface area contributed by atoms with Gasteiger partial charge in [-0.05, 0) is 42.3 Å². The predicted molar refractivity (Wildman–Crippen MR) is 99.7 cm³/mol. The van der Waals surface area contributed by atoms with E-state index in [-0.39, 0.29) is 24.8 Å². The van der Waals surface area contributed by atoms with E-state index >= 15 is 0 Å². The lowest BCUT2D eigenvalue weighted by molar-refractivity contribution is -0.115. The van der Waals surface area contributed by atoms with E-state index in [0.29, 0.717) is 17.1 Å². The summed E-state index contributed by atoms with van der Waals surface area (Å²) < 4.78 is 18.0. The Bertz CT molecular complexity index is 958. The maximum absolute atomic E-state index is 12.9. The van der Waals surface area contributed by atoms with Crippen molar-refractivity contribution in [3.05, 3.63) is 65.8 Å². The first-order valence-electron chi connectivity index (χ1n) is 8.44. The van der Waals surface area contributed by atoms with Crippen LogP contribution in [-0.2, 0) is 11.3 Å². The smallest absolute Gasteiger partial charge is 0.315 e. The molecule has 2 aromatic carbocycles. The number of halogens is 1. The van der Waals surface area contributed by atoms with Gasteiger partial charge in [-0.25, -0.2) is 9.18 Å².